The molecular weight excluding hydrogens is 230 g/mol. The molecule has 92 valence electrons. The van der Waals surface area contributed by atoms with E-state index in [1.165, 1.54) is 12.1 Å². The highest BCUT2D eigenvalue weighted by atomic mass is 16.3. The second-order valence-corrected chi connectivity index (χ2v) is 3.79. The van der Waals surface area contributed by atoms with Crippen molar-refractivity contribution in [3.63, 3.8) is 0 Å². The Balaban J connectivity index is 2.01. The van der Waals surface area contributed by atoms with Crippen molar-refractivity contribution in [1.29, 1.82) is 0 Å². The third kappa shape index (κ3) is 3.21. The molecule has 0 fully saturated rings. The van der Waals surface area contributed by atoms with Crippen LogP contribution in [-0.4, -0.2) is 16.1 Å². The number of aryl methyl sites for hydroxylation is 1. The van der Waals surface area contributed by atoms with E-state index >= 15 is 0 Å². The molecule has 3 N–H and O–H groups in total. The lowest BCUT2D eigenvalue weighted by molar-refractivity contribution is 0.262. The topological polar surface area (TPSA) is 74.2 Å². The van der Waals surface area contributed by atoms with E-state index in [0.717, 1.165) is 5.69 Å². The zero-order valence-electron chi connectivity index (χ0n) is 9.84. The molecule has 2 aromatic rings. The molecule has 18 heavy (non-hydrogen) atoms. The molecule has 0 aliphatic carbocycles. The van der Waals surface area contributed by atoms with Crippen LogP contribution in [0.1, 0.15) is 5.69 Å². The summed E-state index contributed by atoms with van der Waals surface area (Å²) in [5.74, 6) is 0.578. The van der Waals surface area contributed by atoms with Gasteiger partial charge in [0.15, 0.2) is 0 Å². The molecule has 0 saturated heterocycles. The van der Waals surface area contributed by atoms with Gasteiger partial charge < -0.3 is 10.4 Å². The molecule has 0 unspecified atom stereocenters. The average molecular weight is 243 g/mol. The first kappa shape index (κ1) is 11.9. The summed E-state index contributed by atoms with van der Waals surface area (Å²) in [5.41, 5.74) is 1.34. The van der Waals surface area contributed by atoms with Gasteiger partial charge in [0, 0.05) is 17.4 Å². The minimum absolute atomic E-state index is 0.0986. The Bertz CT molecular complexity index is 520. The Kier molecular flexibility index (Phi) is 3.43. The van der Waals surface area contributed by atoms with Crippen molar-refractivity contribution in [3.8, 4) is 5.75 Å². The molecule has 0 radical (unpaired) electrons. The summed E-state index contributed by atoms with van der Waals surface area (Å²) in [6.07, 6.45) is 0. The summed E-state index contributed by atoms with van der Waals surface area (Å²) >= 11 is 0. The van der Waals surface area contributed by atoms with Gasteiger partial charge in [-0.1, -0.05) is 12.1 Å². The van der Waals surface area contributed by atoms with Gasteiger partial charge in [0.25, 0.3) is 0 Å². The first-order chi connectivity index (χ1) is 8.63. The highest BCUT2D eigenvalue weighted by Gasteiger charge is 2.03. The maximum absolute atomic E-state index is 11.7. The molecule has 0 saturated carbocycles. The van der Waals surface area contributed by atoms with Crippen molar-refractivity contribution >= 4 is 17.5 Å². The number of nitrogens with zero attached hydrogens (tertiary/aromatic N) is 1. The zero-order chi connectivity index (χ0) is 13.0. The van der Waals surface area contributed by atoms with E-state index in [0.29, 0.717) is 11.5 Å². The van der Waals surface area contributed by atoms with Crippen LogP contribution in [0.2, 0.25) is 0 Å². The van der Waals surface area contributed by atoms with E-state index in [4.69, 9.17) is 0 Å². The van der Waals surface area contributed by atoms with Gasteiger partial charge in [-0.05, 0) is 31.2 Å². The first-order valence-corrected chi connectivity index (χ1v) is 5.44. The number of anilines is 2. The summed E-state index contributed by atoms with van der Waals surface area (Å²) in [7, 11) is 0. The number of urea groups is 1. The van der Waals surface area contributed by atoms with Gasteiger partial charge in [-0.2, -0.15) is 0 Å². The summed E-state index contributed by atoms with van der Waals surface area (Å²) in [4.78, 5) is 15.8. The fourth-order valence-electron chi connectivity index (χ4n) is 1.47. The lowest BCUT2D eigenvalue weighted by Gasteiger charge is -2.07. The predicted molar refractivity (Wildman–Crippen MR) is 69.7 cm³/mol. The van der Waals surface area contributed by atoms with Crippen LogP contribution in [-0.2, 0) is 0 Å². The van der Waals surface area contributed by atoms with E-state index in [-0.39, 0.29) is 5.75 Å². The minimum atomic E-state index is -0.404. The van der Waals surface area contributed by atoms with E-state index in [1.807, 2.05) is 19.1 Å². The number of nitrogens with one attached hydrogen (secondary N) is 2. The van der Waals surface area contributed by atoms with Crippen LogP contribution < -0.4 is 10.6 Å². The molecule has 5 heteroatoms. The number of carbonyl (C=O) groups is 1. The van der Waals surface area contributed by atoms with Crippen molar-refractivity contribution < 1.29 is 9.90 Å². The highest BCUT2D eigenvalue weighted by Crippen LogP contribution is 2.15. The molecule has 1 heterocycles. The zero-order valence-corrected chi connectivity index (χ0v) is 9.84. The number of amides is 2. The van der Waals surface area contributed by atoms with Crippen LogP contribution in [0, 0.1) is 6.92 Å². The van der Waals surface area contributed by atoms with Crippen molar-refractivity contribution in [2.24, 2.45) is 0 Å². The molecule has 1 aromatic heterocycles. The SMILES string of the molecule is Cc1cccc(NC(=O)Nc2cccc(O)c2)n1. The summed E-state index contributed by atoms with van der Waals surface area (Å²) in [6, 6.07) is 11.3. The van der Waals surface area contributed by atoms with Crippen molar-refractivity contribution in [1.82, 2.24) is 4.98 Å². The number of carbonyl (C=O) groups excluding carboxylic acids is 1. The van der Waals surface area contributed by atoms with Crippen LogP contribution >= 0.6 is 0 Å². The van der Waals surface area contributed by atoms with Gasteiger partial charge in [-0.3, -0.25) is 5.32 Å². The van der Waals surface area contributed by atoms with Gasteiger partial charge in [0.05, 0.1) is 0 Å². The molecule has 0 aliphatic heterocycles. The number of phenols is 1. The van der Waals surface area contributed by atoms with Gasteiger partial charge in [-0.15, -0.1) is 0 Å². The third-order valence-electron chi connectivity index (χ3n) is 2.23. The molecule has 0 bridgehead atoms. The van der Waals surface area contributed by atoms with E-state index in [9.17, 15) is 9.90 Å². The molecule has 2 rings (SSSR count). The fourth-order valence-corrected chi connectivity index (χ4v) is 1.47. The Morgan fingerprint density at radius 2 is 1.94 bits per heavy atom. The molecule has 0 aliphatic rings. The number of pyridine rings is 1. The monoisotopic (exact) mass is 243 g/mol. The van der Waals surface area contributed by atoms with Crippen molar-refractivity contribution in [2.45, 2.75) is 6.92 Å². The second-order valence-electron chi connectivity index (χ2n) is 3.79. The maximum Gasteiger partial charge on any atom is 0.324 e. The normalized spacial score (nSPS) is 9.83. The Labute approximate surface area is 104 Å². The molecule has 0 spiro atoms. The predicted octanol–water partition coefficient (Wildman–Crippen LogP) is 2.74. The van der Waals surface area contributed by atoms with Crippen molar-refractivity contribution in [3.05, 3.63) is 48.2 Å². The second kappa shape index (κ2) is 5.18. The van der Waals surface area contributed by atoms with E-state index in [1.54, 1.807) is 18.2 Å². The Hall–Kier alpha value is -2.56. The maximum atomic E-state index is 11.7. The number of aromatic nitrogens is 1. The largest absolute Gasteiger partial charge is 0.508 e. The lowest BCUT2D eigenvalue weighted by atomic mass is 10.3. The van der Waals surface area contributed by atoms with Gasteiger partial charge >= 0.3 is 6.03 Å². The highest BCUT2D eigenvalue weighted by molar-refractivity contribution is 5.99. The number of hydrogen-bond acceptors (Lipinski definition) is 3. The quantitative estimate of drug-likeness (QED) is 0.759. The van der Waals surface area contributed by atoms with Crippen molar-refractivity contribution in [2.75, 3.05) is 10.6 Å². The van der Waals surface area contributed by atoms with Crippen LogP contribution in [0.3, 0.4) is 0 Å². The number of hydrogen-bond donors (Lipinski definition) is 3. The van der Waals surface area contributed by atoms with Gasteiger partial charge in [0.2, 0.25) is 0 Å². The average Bonchev–Trinajstić information content (AvgIpc) is 2.28. The Morgan fingerprint density at radius 3 is 2.67 bits per heavy atom. The van der Waals surface area contributed by atoms with Gasteiger partial charge in [-0.25, -0.2) is 9.78 Å². The molecule has 2 amide bonds. The standard InChI is InChI=1S/C13H13N3O2/c1-9-4-2-7-12(14-9)16-13(18)15-10-5-3-6-11(17)8-10/h2-8,17H,1H3,(H2,14,15,16,18). The third-order valence-corrected chi connectivity index (χ3v) is 2.23. The smallest absolute Gasteiger partial charge is 0.324 e. The number of rotatable bonds is 2. The van der Waals surface area contributed by atoms with Crippen LogP contribution in [0.4, 0.5) is 16.3 Å². The van der Waals surface area contributed by atoms with Gasteiger partial charge in [0.1, 0.15) is 11.6 Å². The molecule has 5 nitrogen and oxygen atoms in total. The number of benzene rings is 1. The number of phenolic OH excluding ortho intramolecular Hbond substituents is 1. The van der Waals surface area contributed by atoms with E-state index in [2.05, 4.69) is 15.6 Å². The minimum Gasteiger partial charge on any atom is -0.508 e. The lowest BCUT2D eigenvalue weighted by Crippen LogP contribution is -2.20. The fraction of sp³-hybridized carbons (Fsp3) is 0.0769. The molecule has 1 aromatic carbocycles. The summed E-state index contributed by atoms with van der Waals surface area (Å²) < 4.78 is 0. The number of aromatic hydroxyl groups is 1. The van der Waals surface area contributed by atoms with Crippen LogP contribution in [0.15, 0.2) is 42.5 Å². The summed E-state index contributed by atoms with van der Waals surface area (Å²) in [6.45, 7) is 1.85. The van der Waals surface area contributed by atoms with E-state index < -0.39 is 6.03 Å². The van der Waals surface area contributed by atoms with Crippen LogP contribution in [0.5, 0.6) is 5.75 Å². The summed E-state index contributed by atoms with van der Waals surface area (Å²) in [5, 5.41) is 14.5. The first-order valence-electron chi connectivity index (χ1n) is 5.44. The molecular formula is C13H13N3O2. The Morgan fingerprint density at radius 1 is 1.17 bits per heavy atom. The van der Waals surface area contributed by atoms with Crippen LogP contribution in [0.25, 0.3) is 0 Å². The molecule has 0 atom stereocenters.